The molecule has 0 spiro atoms. The van der Waals surface area contributed by atoms with Gasteiger partial charge in [-0.15, -0.1) is 0 Å². The Balaban J connectivity index is 1.41. The third-order valence-electron chi connectivity index (χ3n) is 8.33. The highest BCUT2D eigenvalue weighted by Gasteiger charge is 2.25. The second-order valence-corrected chi connectivity index (χ2v) is 10.8. The molecule has 0 bridgehead atoms. The molecule has 1 heterocycles. The van der Waals surface area contributed by atoms with Crippen LogP contribution >= 0.6 is 0 Å². The average molecular weight is 494 g/mol. The minimum atomic E-state index is -0.469. The summed E-state index contributed by atoms with van der Waals surface area (Å²) >= 11 is 0. The van der Waals surface area contributed by atoms with Crippen LogP contribution in [0.5, 0.6) is 0 Å². The number of amides is 1. The van der Waals surface area contributed by atoms with E-state index in [0.717, 1.165) is 50.2 Å². The highest BCUT2D eigenvalue weighted by Crippen LogP contribution is 2.33. The maximum atomic E-state index is 12.8. The van der Waals surface area contributed by atoms with E-state index in [1.165, 1.54) is 18.4 Å². The van der Waals surface area contributed by atoms with E-state index in [0.29, 0.717) is 36.5 Å². The van der Waals surface area contributed by atoms with E-state index < -0.39 is 6.04 Å². The van der Waals surface area contributed by atoms with Gasteiger partial charge in [-0.3, -0.25) is 9.59 Å². The van der Waals surface area contributed by atoms with Crippen molar-refractivity contribution in [2.75, 3.05) is 25.0 Å². The monoisotopic (exact) mass is 493 g/mol. The van der Waals surface area contributed by atoms with Gasteiger partial charge in [0.15, 0.2) is 5.78 Å². The fourth-order valence-corrected chi connectivity index (χ4v) is 5.83. The number of hydrogen-bond donors (Lipinski definition) is 2. The van der Waals surface area contributed by atoms with Gasteiger partial charge in [0.25, 0.3) is 0 Å². The first-order valence-corrected chi connectivity index (χ1v) is 14.2. The molecule has 3 atom stereocenters. The Morgan fingerprint density at radius 2 is 1.83 bits per heavy atom. The second-order valence-electron chi connectivity index (χ2n) is 10.8. The fraction of sp³-hybridized carbons (Fsp3) is 0.613. The molecule has 0 radical (unpaired) electrons. The van der Waals surface area contributed by atoms with E-state index in [9.17, 15) is 9.59 Å². The fourth-order valence-electron chi connectivity index (χ4n) is 5.83. The van der Waals surface area contributed by atoms with E-state index in [2.05, 4.69) is 61.3 Å². The Morgan fingerprint density at radius 3 is 2.47 bits per heavy atom. The number of nitrogens with two attached hydrogens (primary N) is 1. The van der Waals surface area contributed by atoms with Crippen LogP contribution in [0.1, 0.15) is 84.1 Å². The Morgan fingerprint density at radius 1 is 1.11 bits per heavy atom. The molecule has 3 N–H and O–H groups in total. The molecular formula is C31H47N3O2. The van der Waals surface area contributed by atoms with Crippen LogP contribution < -0.4 is 11.1 Å². The second kappa shape index (κ2) is 13.9. The maximum absolute atomic E-state index is 12.8. The molecule has 1 amide bonds. The molecule has 1 aromatic rings. The molecule has 0 saturated carbocycles. The van der Waals surface area contributed by atoms with Gasteiger partial charge in [0.2, 0.25) is 5.91 Å². The first-order chi connectivity index (χ1) is 17.4. The zero-order valence-corrected chi connectivity index (χ0v) is 22.8. The van der Waals surface area contributed by atoms with Crippen LogP contribution in [0.3, 0.4) is 0 Å². The summed E-state index contributed by atoms with van der Waals surface area (Å²) < 4.78 is 0. The highest BCUT2D eigenvalue weighted by molar-refractivity contribution is 5.98. The summed E-state index contributed by atoms with van der Waals surface area (Å²) in [6.07, 6.45) is 13.3. The molecule has 36 heavy (non-hydrogen) atoms. The predicted octanol–water partition coefficient (Wildman–Crippen LogP) is 6.08. The molecule has 198 valence electrons. The number of Topliss-reactive ketones (excluding diaryl/α,β-unsaturated/α-hetero) is 1. The van der Waals surface area contributed by atoms with Gasteiger partial charge in [-0.25, -0.2) is 0 Å². The number of anilines is 1. The zero-order chi connectivity index (χ0) is 26.1. The van der Waals surface area contributed by atoms with Gasteiger partial charge >= 0.3 is 0 Å². The standard InChI is InChI=1S/C31H47N3O2/c1-5-23(6-2)28-14-13-26(20-22(28)4)30(35)12-9-17-34-18-15-24(16-19-34)25-10-8-11-27(21-25)33-31(36)29(32)7-3/h8,10-11,13-14,20-24,28-29H,5-7,9,12,15-19,32H2,1-4H3,(H,33,36). The first kappa shape index (κ1) is 28.3. The quantitative estimate of drug-likeness (QED) is 0.370. The predicted molar refractivity (Wildman–Crippen MR) is 150 cm³/mol. The van der Waals surface area contributed by atoms with Gasteiger partial charge < -0.3 is 16.0 Å². The molecule has 2 aliphatic rings. The Bertz CT molecular complexity index is 926. The van der Waals surface area contributed by atoms with Gasteiger partial charge in [0.05, 0.1) is 6.04 Å². The number of benzene rings is 1. The topological polar surface area (TPSA) is 75.4 Å². The van der Waals surface area contributed by atoms with Crippen molar-refractivity contribution in [1.29, 1.82) is 0 Å². The summed E-state index contributed by atoms with van der Waals surface area (Å²) in [4.78, 5) is 27.5. The van der Waals surface area contributed by atoms with E-state index in [-0.39, 0.29) is 11.7 Å². The van der Waals surface area contributed by atoms with Crippen LogP contribution in [0.2, 0.25) is 0 Å². The number of nitrogens with one attached hydrogen (secondary N) is 1. The normalized spacial score (nSPS) is 21.9. The van der Waals surface area contributed by atoms with Crippen LogP contribution in [0.25, 0.3) is 0 Å². The van der Waals surface area contributed by atoms with Crippen molar-refractivity contribution in [2.24, 2.45) is 23.5 Å². The third-order valence-corrected chi connectivity index (χ3v) is 8.33. The van der Waals surface area contributed by atoms with Crippen LogP contribution in [-0.2, 0) is 9.59 Å². The third kappa shape index (κ3) is 7.63. The van der Waals surface area contributed by atoms with Crippen molar-refractivity contribution in [1.82, 2.24) is 4.90 Å². The van der Waals surface area contributed by atoms with Crippen molar-refractivity contribution in [2.45, 2.75) is 84.6 Å². The number of carbonyl (C=O) groups is 2. The van der Waals surface area contributed by atoms with Crippen molar-refractivity contribution < 1.29 is 9.59 Å². The lowest BCUT2D eigenvalue weighted by atomic mass is 9.75. The molecule has 1 aliphatic heterocycles. The number of nitrogens with zero attached hydrogens (tertiary/aromatic N) is 1. The average Bonchev–Trinajstić information content (AvgIpc) is 2.90. The summed E-state index contributed by atoms with van der Waals surface area (Å²) in [5.41, 5.74) is 8.87. The molecule has 5 nitrogen and oxygen atoms in total. The van der Waals surface area contributed by atoms with Gasteiger partial charge in [0, 0.05) is 17.7 Å². The first-order valence-electron chi connectivity index (χ1n) is 14.2. The number of carbonyl (C=O) groups excluding carboxylic acids is 2. The number of piperidine rings is 1. The molecule has 1 saturated heterocycles. The zero-order valence-electron chi connectivity index (χ0n) is 22.8. The maximum Gasteiger partial charge on any atom is 0.241 e. The van der Waals surface area contributed by atoms with E-state index in [1.807, 2.05) is 19.1 Å². The summed E-state index contributed by atoms with van der Waals surface area (Å²) in [6.45, 7) is 11.8. The molecule has 0 aromatic heterocycles. The lowest BCUT2D eigenvalue weighted by Gasteiger charge is -2.32. The minimum absolute atomic E-state index is 0.126. The summed E-state index contributed by atoms with van der Waals surface area (Å²) in [5, 5.41) is 2.95. The van der Waals surface area contributed by atoms with Gasteiger partial charge in [-0.1, -0.05) is 70.9 Å². The number of ketones is 1. The van der Waals surface area contributed by atoms with Gasteiger partial charge in [-0.05, 0) is 86.7 Å². The molecule has 3 rings (SSSR count). The van der Waals surface area contributed by atoms with E-state index in [4.69, 9.17) is 5.73 Å². The Kier molecular flexibility index (Phi) is 10.9. The van der Waals surface area contributed by atoms with Gasteiger partial charge in [0.1, 0.15) is 0 Å². The van der Waals surface area contributed by atoms with Crippen LogP contribution in [-0.4, -0.2) is 42.3 Å². The Hall–Kier alpha value is -2.24. The van der Waals surface area contributed by atoms with Crippen LogP contribution in [0.4, 0.5) is 5.69 Å². The molecule has 1 fully saturated rings. The summed E-state index contributed by atoms with van der Waals surface area (Å²) in [7, 11) is 0. The van der Waals surface area contributed by atoms with Crippen molar-refractivity contribution in [3.8, 4) is 0 Å². The van der Waals surface area contributed by atoms with Crippen molar-refractivity contribution in [3.63, 3.8) is 0 Å². The molecule has 1 aliphatic carbocycles. The van der Waals surface area contributed by atoms with Crippen LogP contribution in [0, 0.1) is 17.8 Å². The van der Waals surface area contributed by atoms with E-state index >= 15 is 0 Å². The molecule has 1 aromatic carbocycles. The Labute approximate surface area is 218 Å². The summed E-state index contributed by atoms with van der Waals surface area (Å²) in [5.74, 6) is 2.36. The van der Waals surface area contributed by atoms with Crippen molar-refractivity contribution in [3.05, 3.63) is 53.6 Å². The SMILES string of the molecule is CCC(N)C(=O)Nc1cccc(C2CCN(CCCC(=O)C3=CC(C)C(C(CC)CC)C=C3)CC2)c1. The number of hydrogen-bond acceptors (Lipinski definition) is 4. The highest BCUT2D eigenvalue weighted by atomic mass is 16.2. The molecule has 3 unspecified atom stereocenters. The van der Waals surface area contributed by atoms with E-state index in [1.54, 1.807) is 0 Å². The minimum Gasteiger partial charge on any atom is -0.325 e. The largest absolute Gasteiger partial charge is 0.325 e. The molecular weight excluding hydrogens is 446 g/mol. The number of rotatable bonds is 12. The lowest BCUT2D eigenvalue weighted by molar-refractivity contribution is -0.117. The number of likely N-dealkylation sites (tertiary alicyclic amines) is 1. The smallest absolute Gasteiger partial charge is 0.241 e. The molecule has 5 heteroatoms. The van der Waals surface area contributed by atoms with Crippen molar-refractivity contribution >= 4 is 17.4 Å². The lowest BCUT2D eigenvalue weighted by Crippen LogP contribution is -2.35. The van der Waals surface area contributed by atoms with Crippen LogP contribution in [0.15, 0.2) is 48.1 Å². The summed E-state index contributed by atoms with van der Waals surface area (Å²) in [6, 6.07) is 7.74. The number of allylic oxidation sites excluding steroid dienone is 4. The van der Waals surface area contributed by atoms with Gasteiger partial charge in [-0.2, -0.15) is 0 Å².